The number of pyridine rings is 1. The van der Waals surface area contributed by atoms with E-state index in [1.54, 1.807) is 24.3 Å². The van der Waals surface area contributed by atoms with E-state index in [1.165, 1.54) is 11.1 Å². The largest absolute Gasteiger partial charge is 0.331 e. The number of carbonyl (C=O) groups is 1. The first-order valence-electron chi connectivity index (χ1n) is 13.4. The molecule has 1 aromatic carbocycles. The minimum Gasteiger partial charge on any atom is -0.331 e. The third-order valence-electron chi connectivity index (χ3n) is 7.97. The van der Waals surface area contributed by atoms with Gasteiger partial charge in [0.05, 0.1) is 23.4 Å². The number of nitrogens with zero attached hydrogens (tertiary/aromatic N) is 6. The Labute approximate surface area is 228 Å². The lowest BCUT2D eigenvalue weighted by Crippen LogP contribution is -2.52. The Bertz CT molecular complexity index is 1490. The Hall–Kier alpha value is -4.48. The average molecular weight is 518 g/mol. The van der Waals surface area contributed by atoms with E-state index in [0.717, 1.165) is 31.2 Å². The number of nitrogens with one attached hydrogen (secondary N) is 1. The summed E-state index contributed by atoms with van der Waals surface area (Å²) in [7, 11) is 0. The molecule has 39 heavy (non-hydrogen) atoms. The van der Waals surface area contributed by atoms with E-state index in [1.807, 2.05) is 36.5 Å². The molecule has 2 aromatic heterocycles. The van der Waals surface area contributed by atoms with Crippen LogP contribution in [0.4, 0.5) is 10.5 Å². The number of carbonyl (C=O) groups excluding carboxylic acids is 1. The predicted molar refractivity (Wildman–Crippen MR) is 151 cm³/mol. The summed E-state index contributed by atoms with van der Waals surface area (Å²) < 4.78 is 2.19. The van der Waals surface area contributed by atoms with Gasteiger partial charge in [-0.05, 0) is 42.8 Å². The van der Waals surface area contributed by atoms with Crippen LogP contribution in [-0.2, 0) is 6.54 Å². The minimum absolute atomic E-state index is 0.105. The summed E-state index contributed by atoms with van der Waals surface area (Å²) in [5.74, 6) is 1.50. The molecule has 2 aliphatic carbocycles. The van der Waals surface area contributed by atoms with E-state index in [0.29, 0.717) is 24.3 Å². The first kappa shape index (κ1) is 24.8. The second-order valence-corrected chi connectivity index (χ2v) is 10.2. The Morgan fingerprint density at radius 3 is 2.59 bits per heavy atom. The molecule has 1 fully saturated rings. The van der Waals surface area contributed by atoms with Crippen LogP contribution in [0.5, 0.6) is 0 Å². The van der Waals surface area contributed by atoms with Crippen LogP contribution in [0.2, 0.25) is 0 Å². The first-order valence-corrected chi connectivity index (χ1v) is 13.4. The first-order chi connectivity index (χ1) is 19.1. The smallest absolute Gasteiger partial charge is 0.321 e. The number of anilines is 1. The van der Waals surface area contributed by atoms with Gasteiger partial charge in [0.25, 0.3) is 0 Å². The van der Waals surface area contributed by atoms with Crippen molar-refractivity contribution in [3.63, 3.8) is 0 Å². The molecule has 3 atom stereocenters. The lowest BCUT2D eigenvalue weighted by molar-refractivity contribution is 0.0863. The van der Waals surface area contributed by atoms with Crippen molar-refractivity contribution in [3.8, 4) is 6.07 Å². The Morgan fingerprint density at radius 1 is 1.05 bits per heavy atom. The van der Waals surface area contributed by atoms with Crippen LogP contribution >= 0.6 is 0 Å². The Morgan fingerprint density at radius 2 is 1.85 bits per heavy atom. The monoisotopic (exact) mass is 517 g/mol. The molecule has 1 N–H and O–H groups in total. The van der Waals surface area contributed by atoms with Gasteiger partial charge >= 0.3 is 6.03 Å². The molecule has 196 valence electrons. The molecule has 8 nitrogen and oxygen atoms in total. The van der Waals surface area contributed by atoms with E-state index in [9.17, 15) is 4.79 Å². The van der Waals surface area contributed by atoms with Gasteiger partial charge in [-0.1, -0.05) is 36.4 Å². The molecule has 1 aliphatic heterocycles. The fourth-order valence-corrected chi connectivity index (χ4v) is 5.90. The lowest BCUT2D eigenvalue weighted by Gasteiger charge is -2.42. The van der Waals surface area contributed by atoms with Crippen molar-refractivity contribution >= 4 is 17.3 Å². The summed E-state index contributed by atoms with van der Waals surface area (Å²) >= 11 is 0. The summed E-state index contributed by atoms with van der Waals surface area (Å²) in [5.41, 5.74) is 4.81. The van der Waals surface area contributed by atoms with Crippen molar-refractivity contribution in [3.05, 3.63) is 108 Å². The molecule has 6 rings (SSSR count). The number of piperazine rings is 1. The quantitative estimate of drug-likeness (QED) is 0.537. The van der Waals surface area contributed by atoms with Crippen LogP contribution in [0.1, 0.15) is 28.7 Å². The summed E-state index contributed by atoms with van der Waals surface area (Å²) in [6, 6.07) is 13.3. The molecule has 0 spiro atoms. The molecule has 8 heteroatoms. The maximum atomic E-state index is 13.0. The second kappa shape index (κ2) is 10.7. The summed E-state index contributed by atoms with van der Waals surface area (Å²) in [5, 5.41) is 12.0. The van der Waals surface area contributed by atoms with Crippen LogP contribution in [0.25, 0.3) is 5.57 Å². The molecule has 3 unspecified atom stereocenters. The van der Waals surface area contributed by atoms with Crippen LogP contribution in [0.15, 0.2) is 85.4 Å². The maximum absolute atomic E-state index is 13.0. The van der Waals surface area contributed by atoms with Gasteiger partial charge in [-0.2, -0.15) is 5.26 Å². The molecular weight excluding hydrogens is 486 g/mol. The van der Waals surface area contributed by atoms with E-state index in [2.05, 4.69) is 62.3 Å². The molecule has 3 heterocycles. The average Bonchev–Trinajstić information content (AvgIpc) is 3.32. The number of aryl methyl sites for hydroxylation is 1. The van der Waals surface area contributed by atoms with Crippen molar-refractivity contribution in [2.24, 2.45) is 11.8 Å². The van der Waals surface area contributed by atoms with Crippen molar-refractivity contribution in [1.29, 1.82) is 5.26 Å². The fraction of sp³-hybridized carbons (Fsp3) is 0.290. The molecule has 3 aliphatic rings. The third kappa shape index (κ3) is 5.01. The van der Waals surface area contributed by atoms with Crippen LogP contribution in [0.3, 0.4) is 0 Å². The van der Waals surface area contributed by atoms with Crippen molar-refractivity contribution in [1.82, 2.24) is 24.3 Å². The van der Waals surface area contributed by atoms with Gasteiger partial charge < -0.3 is 14.8 Å². The number of benzene rings is 1. The number of aromatic nitrogens is 3. The highest BCUT2D eigenvalue weighted by atomic mass is 16.2. The molecule has 0 saturated carbocycles. The predicted octanol–water partition coefficient (Wildman–Crippen LogP) is 4.80. The van der Waals surface area contributed by atoms with Gasteiger partial charge in [-0.25, -0.2) is 9.78 Å². The van der Waals surface area contributed by atoms with Crippen molar-refractivity contribution in [2.75, 3.05) is 31.5 Å². The van der Waals surface area contributed by atoms with E-state index in [4.69, 9.17) is 10.2 Å². The molecule has 3 aromatic rings. The molecule has 1 saturated heterocycles. The number of amides is 2. The number of hydrogen-bond acceptors (Lipinski definition) is 5. The van der Waals surface area contributed by atoms with Crippen molar-refractivity contribution < 1.29 is 4.79 Å². The van der Waals surface area contributed by atoms with Gasteiger partial charge in [0, 0.05) is 74.4 Å². The SMILES string of the molecule is Cc1nccn1CC1=CC2C=CC=CC2C(N2CCN(C(=O)Nc3ccc(C#N)cc3)CC2)c2ncccc21. The van der Waals surface area contributed by atoms with Gasteiger partial charge in [0.15, 0.2) is 0 Å². The molecule has 2 amide bonds. The van der Waals surface area contributed by atoms with E-state index >= 15 is 0 Å². The fourth-order valence-electron chi connectivity index (χ4n) is 5.90. The number of imidazole rings is 1. The number of rotatable bonds is 4. The Balaban J connectivity index is 1.23. The lowest BCUT2D eigenvalue weighted by atomic mass is 9.81. The Kier molecular flexibility index (Phi) is 6.82. The normalized spacial score (nSPS) is 22.3. The van der Waals surface area contributed by atoms with Crippen LogP contribution < -0.4 is 5.32 Å². The zero-order valence-corrected chi connectivity index (χ0v) is 21.9. The number of allylic oxidation sites excluding steroid dienone is 5. The number of fused-ring (bicyclic) bond motifs is 2. The maximum Gasteiger partial charge on any atom is 0.321 e. The summed E-state index contributed by atoms with van der Waals surface area (Å²) in [6.07, 6.45) is 17.1. The highest BCUT2D eigenvalue weighted by Gasteiger charge is 2.39. The van der Waals surface area contributed by atoms with Gasteiger partial charge in [0.2, 0.25) is 0 Å². The number of urea groups is 1. The van der Waals surface area contributed by atoms with Gasteiger partial charge in [-0.3, -0.25) is 9.88 Å². The third-order valence-corrected chi connectivity index (χ3v) is 7.97. The summed E-state index contributed by atoms with van der Waals surface area (Å²) in [6.45, 7) is 5.57. The van der Waals surface area contributed by atoms with E-state index < -0.39 is 0 Å². The standard InChI is InChI=1S/C31H31N7O/c1-22-33-13-14-38(22)21-25-19-24-5-2-3-6-28(24)30(29-27(25)7-4-12-34-29)36-15-17-37(18-16-36)31(39)35-26-10-8-23(20-32)9-11-26/h2-14,19,24,28,30H,15-18,21H2,1H3,(H,35,39). The number of nitriles is 1. The van der Waals surface area contributed by atoms with Crippen LogP contribution in [0, 0.1) is 30.1 Å². The van der Waals surface area contributed by atoms with Gasteiger partial charge in [0.1, 0.15) is 5.82 Å². The van der Waals surface area contributed by atoms with Crippen LogP contribution in [-0.4, -0.2) is 56.5 Å². The zero-order valence-electron chi connectivity index (χ0n) is 21.9. The zero-order chi connectivity index (χ0) is 26.8. The molecular formula is C31H31N7O. The molecule has 0 radical (unpaired) electrons. The second-order valence-electron chi connectivity index (χ2n) is 10.2. The topological polar surface area (TPSA) is 90.1 Å². The minimum atomic E-state index is -0.114. The highest BCUT2D eigenvalue weighted by Crippen LogP contribution is 2.44. The summed E-state index contributed by atoms with van der Waals surface area (Å²) in [4.78, 5) is 26.7. The van der Waals surface area contributed by atoms with Crippen molar-refractivity contribution in [2.45, 2.75) is 19.5 Å². The highest BCUT2D eigenvalue weighted by molar-refractivity contribution is 5.89. The van der Waals surface area contributed by atoms with Gasteiger partial charge in [-0.15, -0.1) is 0 Å². The van der Waals surface area contributed by atoms with E-state index in [-0.39, 0.29) is 23.9 Å². The number of hydrogen-bond donors (Lipinski definition) is 1. The molecule has 0 bridgehead atoms.